The monoisotopic (exact) mass is 684 g/mol. The molecule has 0 saturated carbocycles. The Morgan fingerprint density at radius 3 is 2.02 bits per heavy atom. The molecule has 0 spiro atoms. The van der Waals surface area contributed by atoms with Gasteiger partial charge < -0.3 is 28.7 Å². The Balaban J connectivity index is 0.00000616. The van der Waals surface area contributed by atoms with Gasteiger partial charge in [0.25, 0.3) is 5.69 Å². The van der Waals surface area contributed by atoms with Gasteiger partial charge in [-0.1, -0.05) is 110 Å². The van der Waals surface area contributed by atoms with Gasteiger partial charge in [-0.15, -0.1) is 0 Å². The largest absolute Gasteiger partial charge is 1.00 e. The summed E-state index contributed by atoms with van der Waals surface area (Å²) in [5.74, 6) is 0.957. The summed E-state index contributed by atoms with van der Waals surface area (Å²) in [5.41, 5.74) is 3.78. The van der Waals surface area contributed by atoms with Crippen LogP contribution in [0, 0.1) is 0 Å². The van der Waals surface area contributed by atoms with Crippen molar-refractivity contribution >= 4 is 11.6 Å². The Bertz CT molecular complexity index is 1190. The molecule has 4 nitrogen and oxygen atoms in total. The fourth-order valence-corrected chi connectivity index (χ4v) is 5.31. The van der Waals surface area contributed by atoms with Gasteiger partial charge in [0, 0.05) is 17.8 Å². The average molecular weight is 685 g/mol. The van der Waals surface area contributed by atoms with E-state index in [2.05, 4.69) is 52.8 Å². The molecule has 0 aliphatic carbocycles. The summed E-state index contributed by atoms with van der Waals surface area (Å²) < 4.78 is 8.35. The normalized spacial score (nSPS) is 11.2. The van der Waals surface area contributed by atoms with Gasteiger partial charge >= 0.3 is 5.91 Å². The molecule has 0 saturated heterocycles. The first kappa shape index (κ1) is 35.8. The number of carbonyl (C=O) groups excluding carboxylic acids is 1. The van der Waals surface area contributed by atoms with Crippen molar-refractivity contribution in [2.75, 3.05) is 11.5 Å². The number of hydrogen-bond acceptors (Lipinski definition) is 2. The van der Waals surface area contributed by atoms with Crippen LogP contribution in [-0.2, 0) is 18.5 Å². The van der Waals surface area contributed by atoms with Crippen LogP contribution < -0.4 is 38.2 Å². The molecule has 5 heteroatoms. The lowest BCUT2D eigenvalue weighted by atomic mass is 9.85. The minimum atomic E-state index is -0.0740. The number of amides is 1. The number of pyridine rings is 1. The minimum Gasteiger partial charge on any atom is -1.00 e. The predicted molar refractivity (Wildman–Crippen MR) is 172 cm³/mol. The van der Waals surface area contributed by atoms with Crippen LogP contribution in [0.15, 0.2) is 72.9 Å². The summed E-state index contributed by atoms with van der Waals surface area (Å²) in [6.07, 6.45) is 15.2. The Labute approximate surface area is 272 Å². The highest BCUT2D eigenvalue weighted by Crippen LogP contribution is 2.33. The number of rotatable bonds is 17. The molecule has 2 aromatic carbocycles. The molecule has 1 aromatic heterocycles. The molecule has 230 valence electrons. The third-order valence-corrected chi connectivity index (χ3v) is 7.76. The Morgan fingerprint density at radius 2 is 1.40 bits per heavy atom. The lowest BCUT2D eigenvalue weighted by Gasteiger charge is -2.26. The molecule has 0 N–H and O–H groups in total. The number of carbonyl (C=O) groups is 1. The number of para-hydroxylation sites is 1. The number of anilines is 1. The summed E-state index contributed by atoms with van der Waals surface area (Å²) >= 11 is 0. The first-order chi connectivity index (χ1) is 19.8. The highest BCUT2D eigenvalue weighted by molar-refractivity contribution is 6.03. The number of unbranched alkanes of at least 4 members (excludes halogenated alkanes) is 9. The van der Waals surface area contributed by atoms with E-state index in [0.29, 0.717) is 12.2 Å². The van der Waals surface area contributed by atoms with Crippen LogP contribution in [0.5, 0.6) is 5.75 Å². The first-order valence-electron chi connectivity index (χ1n) is 16.0. The number of nitrogens with zero attached hydrogens (tertiary/aromatic N) is 2. The van der Waals surface area contributed by atoms with E-state index in [4.69, 9.17) is 4.74 Å². The van der Waals surface area contributed by atoms with Crippen molar-refractivity contribution in [1.29, 1.82) is 0 Å². The molecule has 0 atom stereocenters. The summed E-state index contributed by atoms with van der Waals surface area (Å²) in [5, 5.41) is 0. The third-order valence-electron chi connectivity index (χ3n) is 7.76. The fourth-order valence-electron chi connectivity index (χ4n) is 5.31. The quantitative estimate of drug-likeness (QED) is 0.0932. The number of aryl methyl sites for hydroxylation is 1. The molecule has 0 aliphatic heterocycles. The van der Waals surface area contributed by atoms with Crippen LogP contribution in [-0.4, -0.2) is 12.5 Å². The van der Waals surface area contributed by atoms with Gasteiger partial charge in [-0.3, -0.25) is 9.69 Å². The van der Waals surface area contributed by atoms with Crippen molar-refractivity contribution in [3.05, 3.63) is 89.7 Å². The number of aromatic nitrogens is 1. The third kappa shape index (κ3) is 11.3. The van der Waals surface area contributed by atoms with Crippen molar-refractivity contribution in [1.82, 2.24) is 0 Å². The Morgan fingerprint density at radius 1 is 0.786 bits per heavy atom. The number of hydrogen-bond donors (Lipinski definition) is 0. The summed E-state index contributed by atoms with van der Waals surface area (Å²) in [4.78, 5) is 15.8. The number of ether oxygens (including phenoxy) is 1. The average Bonchev–Trinajstić information content (AvgIpc) is 2.98. The van der Waals surface area contributed by atoms with Gasteiger partial charge in [-0.2, -0.15) is 4.57 Å². The zero-order valence-corrected chi connectivity index (χ0v) is 28.9. The molecular formula is C37H53IN2O2. The zero-order chi connectivity index (χ0) is 29.5. The summed E-state index contributed by atoms with van der Waals surface area (Å²) in [7, 11) is 0. The molecule has 42 heavy (non-hydrogen) atoms. The second kappa shape index (κ2) is 19.0. The number of benzene rings is 2. The van der Waals surface area contributed by atoms with E-state index < -0.39 is 0 Å². The molecular weight excluding hydrogens is 631 g/mol. The van der Waals surface area contributed by atoms with Crippen LogP contribution in [0.25, 0.3) is 0 Å². The molecule has 0 fully saturated rings. The predicted octanol–water partition coefficient (Wildman–Crippen LogP) is 6.44. The fraction of sp³-hybridized carbons (Fsp3) is 0.514. The molecule has 0 radical (unpaired) electrons. The van der Waals surface area contributed by atoms with Crippen LogP contribution in [0.3, 0.4) is 0 Å². The van der Waals surface area contributed by atoms with Gasteiger partial charge in [0.15, 0.2) is 6.20 Å². The van der Waals surface area contributed by atoms with E-state index in [-0.39, 0.29) is 35.3 Å². The molecule has 3 aromatic rings. The Kier molecular flexibility index (Phi) is 16.2. The van der Waals surface area contributed by atoms with Crippen LogP contribution in [0.1, 0.15) is 120 Å². The highest BCUT2D eigenvalue weighted by Gasteiger charge is 2.27. The van der Waals surface area contributed by atoms with Crippen LogP contribution >= 0.6 is 0 Å². The molecule has 1 heterocycles. The maximum absolute atomic E-state index is 13.9. The van der Waals surface area contributed by atoms with Gasteiger partial charge in [0.2, 0.25) is 0 Å². The van der Waals surface area contributed by atoms with Crippen molar-refractivity contribution in [2.45, 2.75) is 117 Å². The van der Waals surface area contributed by atoms with Gasteiger partial charge in [-0.05, 0) is 60.2 Å². The van der Waals surface area contributed by atoms with E-state index in [0.717, 1.165) is 36.6 Å². The van der Waals surface area contributed by atoms with E-state index in [1.807, 2.05) is 64.2 Å². The van der Waals surface area contributed by atoms with Gasteiger partial charge in [0.05, 0.1) is 13.2 Å². The minimum absolute atomic E-state index is 0. The lowest BCUT2D eigenvalue weighted by Crippen LogP contribution is -3.00. The van der Waals surface area contributed by atoms with Crippen molar-refractivity contribution in [2.24, 2.45) is 0 Å². The van der Waals surface area contributed by atoms with E-state index >= 15 is 0 Å². The standard InChI is InChI=1S/C37H53N2O2.HI/c1-6-8-9-10-11-12-13-14-15-21-28-41-35-26-25-31(29-33(35)37(3,4)5)30-39(32-22-17-16-18-23-32)36(40)34-24-19-20-27-38(34)7-2;/h16-20,22-27,29H,6-15,21,28,30H2,1-5H3;1H/q+1;/p-1. The highest BCUT2D eigenvalue weighted by atomic mass is 127. The SMILES string of the molecule is CCCCCCCCCCCCOc1ccc(CN(C(=O)c2cccc[n+]2CC)c2ccccc2)cc1C(C)(C)C.[I-]. The molecule has 3 rings (SSSR count). The van der Waals surface area contributed by atoms with Crippen molar-refractivity contribution in [3.63, 3.8) is 0 Å². The smallest absolute Gasteiger partial charge is 0.323 e. The van der Waals surface area contributed by atoms with E-state index in [9.17, 15) is 4.79 Å². The van der Waals surface area contributed by atoms with Gasteiger partial charge in [0.1, 0.15) is 12.3 Å². The summed E-state index contributed by atoms with van der Waals surface area (Å²) in [6.45, 7) is 13.0. The molecule has 0 unspecified atom stereocenters. The topological polar surface area (TPSA) is 33.4 Å². The second-order valence-corrected chi connectivity index (χ2v) is 12.2. The molecule has 0 bridgehead atoms. The van der Waals surface area contributed by atoms with Crippen LogP contribution in [0.2, 0.25) is 0 Å². The van der Waals surface area contributed by atoms with E-state index in [1.54, 1.807) is 0 Å². The zero-order valence-electron chi connectivity index (χ0n) is 26.7. The first-order valence-corrected chi connectivity index (χ1v) is 16.0. The Hall–Kier alpha value is -2.41. The summed E-state index contributed by atoms with van der Waals surface area (Å²) in [6, 6.07) is 22.2. The van der Waals surface area contributed by atoms with E-state index in [1.165, 1.54) is 63.4 Å². The van der Waals surface area contributed by atoms with Crippen molar-refractivity contribution in [3.8, 4) is 5.75 Å². The van der Waals surface area contributed by atoms with Crippen LogP contribution in [0.4, 0.5) is 5.69 Å². The second-order valence-electron chi connectivity index (χ2n) is 12.2. The van der Waals surface area contributed by atoms with Gasteiger partial charge in [-0.25, -0.2) is 0 Å². The maximum Gasteiger partial charge on any atom is 0.323 e. The lowest BCUT2D eigenvalue weighted by molar-refractivity contribution is -0.695. The maximum atomic E-state index is 13.9. The van der Waals surface area contributed by atoms with Crippen molar-refractivity contribution < 1.29 is 38.1 Å². The number of halogens is 1. The molecule has 1 amide bonds. The molecule has 0 aliphatic rings.